The fourth-order valence-corrected chi connectivity index (χ4v) is 2.45. The third-order valence-electron chi connectivity index (χ3n) is 3.01. The van der Waals surface area contributed by atoms with Crippen LogP contribution in [0.1, 0.15) is 0 Å². The van der Waals surface area contributed by atoms with E-state index in [9.17, 15) is 0 Å². The molecule has 0 spiro atoms. The summed E-state index contributed by atoms with van der Waals surface area (Å²) in [4.78, 5) is 0. The highest BCUT2D eigenvalue weighted by Crippen LogP contribution is 2.22. The second kappa shape index (κ2) is 3.80. The lowest BCUT2D eigenvalue weighted by atomic mass is 9.93. The average Bonchev–Trinajstić information content (AvgIpc) is 2.49. The molecule has 0 aliphatic heterocycles. The van der Waals surface area contributed by atoms with Gasteiger partial charge in [0.15, 0.2) is 0 Å². The molecule has 0 radical (unpaired) electrons. The lowest BCUT2D eigenvalue weighted by Crippen LogP contribution is -2.28. The van der Waals surface area contributed by atoms with Gasteiger partial charge in [0.1, 0.15) is 0 Å². The summed E-state index contributed by atoms with van der Waals surface area (Å²) in [6.45, 7) is 0. The van der Waals surface area contributed by atoms with Gasteiger partial charge in [-0.05, 0) is 16.9 Å². The number of fused-ring (bicyclic) bond motifs is 2. The largest absolute Gasteiger partial charge is 0.0837 e. The van der Waals surface area contributed by atoms with Crippen molar-refractivity contribution in [2.45, 2.75) is 0 Å². The number of rotatable bonds is 0. The molecule has 2 aliphatic carbocycles. The van der Waals surface area contributed by atoms with Crippen LogP contribution in [0.3, 0.4) is 0 Å². The van der Waals surface area contributed by atoms with E-state index < -0.39 is 0 Å². The summed E-state index contributed by atoms with van der Waals surface area (Å²) < 4.78 is 0. The first-order valence-corrected chi connectivity index (χ1v) is 5.76. The van der Waals surface area contributed by atoms with Crippen molar-refractivity contribution < 1.29 is 0 Å². The van der Waals surface area contributed by atoms with Crippen LogP contribution >= 0.6 is 11.6 Å². The topological polar surface area (TPSA) is 0 Å². The van der Waals surface area contributed by atoms with E-state index in [1.165, 1.54) is 10.8 Å². The van der Waals surface area contributed by atoms with Crippen molar-refractivity contribution in [3.05, 3.63) is 71.2 Å². The fraction of sp³-hybridized carbons (Fsp3) is 0.0667. The van der Waals surface area contributed by atoms with Crippen molar-refractivity contribution in [2.24, 2.45) is 5.92 Å². The highest BCUT2D eigenvalue weighted by atomic mass is 35.5. The predicted octanol–water partition coefficient (Wildman–Crippen LogP) is 2.50. The minimum absolute atomic E-state index is 0.349. The zero-order valence-electron chi connectivity index (χ0n) is 8.73. The van der Waals surface area contributed by atoms with Crippen LogP contribution in [0.4, 0.5) is 0 Å². The van der Waals surface area contributed by atoms with E-state index >= 15 is 0 Å². The molecule has 1 unspecified atom stereocenters. The zero-order chi connectivity index (χ0) is 11.0. The highest BCUT2D eigenvalue weighted by molar-refractivity contribution is 6.47. The third kappa shape index (κ3) is 1.46. The van der Waals surface area contributed by atoms with Crippen LogP contribution in [-0.4, -0.2) is 0 Å². The Morgan fingerprint density at radius 1 is 0.875 bits per heavy atom. The molecule has 0 saturated heterocycles. The second-order valence-electron chi connectivity index (χ2n) is 3.98. The maximum atomic E-state index is 6.28. The Bertz CT molecular complexity index is 630. The monoisotopic (exact) mass is 226 g/mol. The van der Waals surface area contributed by atoms with Gasteiger partial charge < -0.3 is 0 Å². The van der Waals surface area contributed by atoms with Gasteiger partial charge in [0.25, 0.3) is 0 Å². The van der Waals surface area contributed by atoms with Gasteiger partial charge in [-0.3, -0.25) is 0 Å². The number of halogens is 1. The third-order valence-corrected chi connectivity index (χ3v) is 3.34. The second-order valence-corrected chi connectivity index (χ2v) is 4.38. The molecule has 78 valence electrons. The standard InChI is InChI=1S/C15H11Cl/c16-15-10-9-11-5-1-2-6-12(11)13-7-3-4-8-14(13)15/h1-11H. The fourth-order valence-electron chi connectivity index (χ4n) is 2.22. The van der Waals surface area contributed by atoms with E-state index in [1.54, 1.807) is 0 Å². The normalized spacial score (nSPS) is 21.7. The Morgan fingerprint density at radius 2 is 1.69 bits per heavy atom. The molecule has 0 heterocycles. The molecule has 0 amide bonds. The molecule has 0 N–H and O–H groups in total. The van der Waals surface area contributed by atoms with E-state index in [0.717, 1.165) is 10.3 Å². The van der Waals surface area contributed by atoms with Crippen LogP contribution in [0.5, 0.6) is 0 Å². The Hall–Kier alpha value is -1.53. The van der Waals surface area contributed by atoms with Crippen LogP contribution in [0.15, 0.2) is 60.7 Å². The molecular weight excluding hydrogens is 216 g/mol. The predicted molar refractivity (Wildman–Crippen MR) is 69.3 cm³/mol. The van der Waals surface area contributed by atoms with E-state index in [0.29, 0.717) is 5.92 Å². The molecular formula is C15H11Cl. The summed E-state index contributed by atoms with van der Waals surface area (Å²) in [7, 11) is 0. The van der Waals surface area contributed by atoms with Crippen molar-refractivity contribution >= 4 is 22.2 Å². The number of benzene rings is 1. The van der Waals surface area contributed by atoms with Crippen molar-refractivity contribution in [1.82, 2.24) is 0 Å². The first-order chi connectivity index (χ1) is 7.86. The smallest absolute Gasteiger partial charge is 0.0481 e. The lowest BCUT2D eigenvalue weighted by molar-refractivity contribution is 1.08. The SMILES string of the molecule is ClC1=c2ccccc2=C2C=CC=CC2C=C1. The first kappa shape index (κ1) is 9.68. The zero-order valence-corrected chi connectivity index (χ0v) is 9.48. The summed E-state index contributed by atoms with van der Waals surface area (Å²) >= 11 is 6.28. The van der Waals surface area contributed by atoms with Crippen LogP contribution < -0.4 is 10.4 Å². The van der Waals surface area contributed by atoms with Crippen molar-refractivity contribution in [1.29, 1.82) is 0 Å². The molecule has 0 aromatic heterocycles. The van der Waals surface area contributed by atoms with Gasteiger partial charge in [-0.15, -0.1) is 0 Å². The maximum absolute atomic E-state index is 6.28. The molecule has 1 atom stereocenters. The Kier molecular flexibility index (Phi) is 2.30. The van der Waals surface area contributed by atoms with Crippen LogP contribution in [-0.2, 0) is 0 Å². The van der Waals surface area contributed by atoms with Gasteiger partial charge in [-0.1, -0.05) is 66.2 Å². The van der Waals surface area contributed by atoms with Crippen LogP contribution in [0.2, 0.25) is 0 Å². The maximum Gasteiger partial charge on any atom is 0.0481 e. The molecule has 1 aromatic carbocycles. The summed E-state index contributed by atoms with van der Waals surface area (Å²) in [6.07, 6.45) is 12.7. The van der Waals surface area contributed by atoms with Crippen molar-refractivity contribution in [3.8, 4) is 0 Å². The van der Waals surface area contributed by atoms with Gasteiger partial charge in [-0.2, -0.15) is 0 Å². The molecule has 0 nitrogen and oxygen atoms in total. The molecule has 16 heavy (non-hydrogen) atoms. The summed E-state index contributed by atoms with van der Waals surface area (Å²) in [5.74, 6) is 0.349. The summed E-state index contributed by atoms with van der Waals surface area (Å²) in [5, 5.41) is 3.18. The van der Waals surface area contributed by atoms with Crippen molar-refractivity contribution in [2.75, 3.05) is 0 Å². The molecule has 1 heteroatoms. The Labute approximate surface area is 99.6 Å². The Morgan fingerprint density at radius 3 is 2.56 bits per heavy atom. The Balaban J connectivity index is 2.48. The summed E-state index contributed by atoms with van der Waals surface area (Å²) in [5.41, 5.74) is 1.32. The van der Waals surface area contributed by atoms with Gasteiger partial charge >= 0.3 is 0 Å². The average molecular weight is 227 g/mol. The number of allylic oxidation sites excluding steroid dienone is 6. The first-order valence-electron chi connectivity index (χ1n) is 5.38. The quantitative estimate of drug-likeness (QED) is 0.638. The van der Waals surface area contributed by atoms with Crippen LogP contribution in [0, 0.1) is 5.92 Å². The molecule has 0 fully saturated rings. The van der Waals surface area contributed by atoms with Gasteiger partial charge in [0, 0.05) is 16.2 Å². The van der Waals surface area contributed by atoms with E-state index in [-0.39, 0.29) is 0 Å². The highest BCUT2D eigenvalue weighted by Gasteiger charge is 2.11. The lowest BCUT2D eigenvalue weighted by Gasteiger charge is -2.11. The van der Waals surface area contributed by atoms with Gasteiger partial charge in [-0.25, -0.2) is 0 Å². The van der Waals surface area contributed by atoms with Gasteiger partial charge in [0.2, 0.25) is 0 Å². The van der Waals surface area contributed by atoms with Gasteiger partial charge in [0.05, 0.1) is 0 Å². The number of hydrogen-bond acceptors (Lipinski definition) is 0. The molecule has 0 bridgehead atoms. The van der Waals surface area contributed by atoms with Crippen LogP contribution in [0.25, 0.3) is 10.6 Å². The van der Waals surface area contributed by atoms with E-state index in [2.05, 4.69) is 48.6 Å². The minimum Gasteiger partial charge on any atom is -0.0837 e. The van der Waals surface area contributed by atoms with Crippen molar-refractivity contribution in [3.63, 3.8) is 0 Å². The summed E-state index contributed by atoms with van der Waals surface area (Å²) in [6, 6.07) is 8.29. The van der Waals surface area contributed by atoms with E-state index in [4.69, 9.17) is 11.6 Å². The molecule has 2 aliphatic rings. The van der Waals surface area contributed by atoms with E-state index in [1.807, 2.05) is 12.1 Å². The molecule has 3 rings (SSSR count). The minimum atomic E-state index is 0.349. The molecule has 1 aromatic rings. The number of hydrogen-bond donors (Lipinski definition) is 0. The molecule has 0 saturated carbocycles.